The van der Waals surface area contributed by atoms with Crippen molar-refractivity contribution in [2.75, 3.05) is 18.4 Å². The van der Waals surface area contributed by atoms with Gasteiger partial charge in [0.25, 0.3) is 0 Å². The van der Waals surface area contributed by atoms with Crippen LogP contribution >= 0.6 is 0 Å². The number of likely N-dealkylation sites (tertiary alicyclic amines) is 1. The van der Waals surface area contributed by atoms with Crippen molar-refractivity contribution in [2.24, 2.45) is 5.92 Å². The third-order valence-corrected chi connectivity index (χ3v) is 6.43. The molecular weight excluding hydrogens is 378 g/mol. The van der Waals surface area contributed by atoms with Gasteiger partial charge >= 0.3 is 0 Å². The minimum absolute atomic E-state index is 0.151. The Morgan fingerprint density at radius 2 is 1.93 bits per heavy atom. The molecule has 30 heavy (non-hydrogen) atoms. The number of carbonyl (C=O) groups excluding carboxylic acids is 1. The number of piperidine rings is 1. The van der Waals surface area contributed by atoms with E-state index in [4.69, 9.17) is 0 Å². The van der Waals surface area contributed by atoms with Crippen molar-refractivity contribution < 1.29 is 9.90 Å². The van der Waals surface area contributed by atoms with E-state index in [0.717, 1.165) is 57.2 Å². The van der Waals surface area contributed by atoms with E-state index >= 15 is 0 Å². The number of benzene rings is 1. The minimum atomic E-state index is -0.267. The summed E-state index contributed by atoms with van der Waals surface area (Å²) in [6, 6.07) is 11.8. The van der Waals surface area contributed by atoms with Gasteiger partial charge in [0.2, 0.25) is 5.91 Å². The van der Waals surface area contributed by atoms with Gasteiger partial charge in [0.1, 0.15) is 11.6 Å². The maximum absolute atomic E-state index is 13.0. The molecule has 0 spiro atoms. The second-order valence-corrected chi connectivity index (χ2v) is 8.36. The van der Waals surface area contributed by atoms with Crippen LogP contribution in [0.4, 0.5) is 5.82 Å². The van der Waals surface area contributed by atoms with Crippen molar-refractivity contribution in [3.05, 3.63) is 42.1 Å². The van der Waals surface area contributed by atoms with Crippen LogP contribution < -0.4 is 5.32 Å². The fraction of sp³-hybridized carbons (Fsp3) is 0.522. The number of amides is 1. The topological polar surface area (TPSA) is 94.2 Å². The number of nitrogens with one attached hydrogen (secondary N) is 1. The average molecular weight is 408 g/mol. The van der Waals surface area contributed by atoms with E-state index in [9.17, 15) is 15.2 Å². The van der Waals surface area contributed by atoms with E-state index in [2.05, 4.69) is 21.4 Å². The Morgan fingerprint density at radius 1 is 1.17 bits per heavy atom. The van der Waals surface area contributed by atoms with E-state index in [1.807, 2.05) is 30.3 Å². The third-order valence-electron chi connectivity index (χ3n) is 6.43. The highest BCUT2D eigenvalue weighted by molar-refractivity contribution is 5.93. The van der Waals surface area contributed by atoms with Crippen LogP contribution in [-0.4, -0.2) is 50.9 Å². The summed E-state index contributed by atoms with van der Waals surface area (Å²) in [5, 5.41) is 27.2. The van der Waals surface area contributed by atoms with Crippen LogP contribution in [0.25, 0.3) is 5.69 Å². The quantitative estimate of drug-likeness (QED) is 0.794. The molecule has 2 heterocycles. The second kappa shape index (κ2) is 9.41. The van der Waals surface area contributed by atoms with Gasteiger partial charge in [-0.05, 0) is 44.4 Å². The number of aromatic nitrogens is 2. The summed E-state index contributed by atoms with van der Waals surface area (Å²) in [6.45, 7) is 1.13. The molecular formula is C23H29N5O2. The molecule has 3 atom stereocenters. The molecule has 1 aromatic carbocycles. The lowest BCUT2D eigenvalue weighted by Crippen LogP contribution is -2.51. The molecule has 1 aliphatic carbocycles. The second-order valence-electron chi connectivity index (χ2n) is 8.36. The summed E-state index contributed by atoms with van der Waals surface area (Å²) in [7, 11) is 0. The number of para-hydroxylation sites is 1. The molecule has 7 heteroatoms. The number of carbonyl (C=O) groups is 1. The number of aliphatic hydroxyl groups excluding tert-OH is 1. The predicted octanol–water partition coefficient (Wildman–Crippen LogP) is 3.09. The highest BCUT2D eigenvalue weighted by atomic mass is 16.3. The van der Waals surface area contributed by atoms with E-state index < -0.39 is 0 Å². The standard InChI is InChI=1S/C23H29N5O2/c24-14-17-15-25-28(18-8-2-1-3-9-18)23(17)26-22(30)16-27-13-7-6-11-20(27)19-10-4-5-12-21(19)29/h1-3,8-9,15,19-21,29H,4-7,10-13,16H2,(H,26,30)/t19-,20-,21-/m1/s1. The SMILES string of the molecule is N#Cc1cnn(-c2ccccc2)c1NC(=O)CN1CCCC[C@@H]1[C@H]1CCCC[C@H]1O. The molecule has 1 saturated heterocycles. The molecule has 2 fully saturated rings. The van der Waals surface area contributed by atoms with Crippen molar-refractivity contribution in [1.29, 1.82) is 5.26 Å². The molecule has 2 N–H and O–H groups in total. The normalized spacial score (nSPS) is 24.9. The maximum atomic E-state index is 13.0. The number of nitriles is 1. The molecule has 158 valence electrons. The van der Waals surface area contributed by atoms with Gasteiger partial charge in [0.15, 0.2) is 5.82 Å². The summed E-state index contributed by atoms with van der Waals surface area (Å²) in [6.07, 6.45) is 8.59. The number of rotatable bonds is 5. The zero-order valence-corrected chi connectivity index (χ0v) is 17.2. The Kier molecular flexibility index (Phi) is 6.46. The number of hydrogen-bond donors (Lipinski definition) is 2. The summed E-state index contributed by atoms with van der Waals surface area (Å²) in [5.74, 6) is 0.498. The van der Waals surface area contributed by atoms with Crippen LogP contribution in [0.5, 0.6) is 0 Å². The van der Waals surface area contributed by atoms with Crippen molar-refractivity contribution in [3.63, 3.8) is 0 Å². The summed E-state index contributed by atoms with van der Waals surface area (Å²) < 4.78 is 1.59. The van der Waals surface area contributed by atoms with E-state index in [0.29, 0.717) is 11.4 Å². The van der Waals surface area contributed by atoms with Gasteiger partial charge < -0.3 is 10.4 Å². The van der Waals surface area contributed by atoms with Gasteiger partial charge in [-0.2, -0.15) is 10.4 Å². The molecule has 0 bridgehead atoms. The van der Waals surface area contributed by atoms with Gasteiger partial charge in [0, 0.05) is 12.0 Å². The Hall–Kier alpha value is -2.69. The molecule has 1 saturated carbocycles. The van der Waals surface area contributed by atoms with Gasteiger partial charge in [-0.3, -0.25) is 9.69 Å². The maximum Gasteiger partial charge on any atom is 0.239 e. The Morgan fingerprint density at radius 3 is 2.70 bits per heavy atom. The molecule has 1 amide bonds. The predicted molar refractivity (Wildman–Crippen MR) is 114 cm³/mol. The molecule has 0 radical (unpaired) electrons. The highest BCUT2D eigenvalue weighted by Crippen LogP contribution is 2.34. The monoisotopic (exact) mass is 407 g/mol. The van der Waals surface area contributed by atoms with Gasteiger partial charge in [0.05, 0.1) is 24.5 Å². The van der Waals surface area contributed by atoms with Crippen LogP contribution in [0, 0.1) is 17.2 Å². The van der Waals surface area contributed by atoms with Gasteiger partial charge in [-0.15, -0.1) is 0 Å². The van der Waals surface area contributed by atoms with Crippen molar-refractivity contribution in [1.82, 2.24) is 14.7 Å². The first-order valence-electron chi connectivity index (χ1n) is 10.9. The molecule has 1 aliphatic heterocycles. The first-order chi connectivity index (χ1) is 14.7. The number of nitrogens with zero attached hydrogens (tertiary/aromatic N) is 4. The molecule has 2 aliphatic rings. The van der Waals surface area contributed by atoms with Gasteiger partial charge in [-0.1, -0.05) is 37.5 Å². The average Bonchev–Trinajstić information content (AvgIpc) is 3.17. The molecule has 4 rings (SSSR count). The van der Waals surface area contributed by atoms with E-state index in [1.54, 1.807) is 4.68 Å². The Labute approximate surface area is 177 Å². The third kappa shape index (κ3) is 4.40. The first-order valence-corrected chi connectivity index (χ1v) is 10.9. The van der Waals surface area contributed by atoms with Crippen LogP contribution in [0.1, 0.15) is 50.5 Å². The molecule has 2 aromatic rings. The van der Waals surface area contributed by atoms with Crippen LogP contribution in [0.2, 0.25) is 0 Å². The lowest BCUT2D eigenvalue weighted by Gasteiger charge is -2.43. The lowest BCUT2D eigenvalue weighted by atomic mass is 9.78. The fourth-order valence-electron chi connectivity index (χ4n) is 4.96. The van der Waals surface area contributed by atoms with Crippen LogP contribution in [-0.2, 0) is 4.79 Å². The van der Waals surface area contributed by atoms with Crippen molar-refractivity contribution >= 4 is 11.7 Å². The number of aliphatic hydroxyl groups is 1. The summed E-state index contributed by atoms with van der Waals surface area (Å²) >= 11 is 0. The highest BCUT2D eigenvalue weighted by Gasteiger charge is 2.36. The van der Waals surface area contributed by atoms with E-state index in [1.165, 1.54) is 6.20 Å². The Bertz CT molecular complexity index is 904. The van der Waals surface area contributed by atoms with Crippen molar-refractivity contribution in [2.45, 2.75) is 57.1 Å². The van der Waals surface area contributed by atoms with E-state index in [-0.39, 0.29) is 30.5 Å². The largest absolute Gasteiger partial charge is 0.393 e. The molecule has 0 unspecified atom stereocenters. The Balaban J connectivity index is 1.49. The summed E-state index contributed by atoms with van der Waals surface area (Å²) in [5.41, 5.74) is 1.13. The minimum Gasteiger partial charge on any atom is -0.393 e. The zero-order valence-electron chi connectivity index (χ0n) is 17.2. The van der Waals surface area contributed by atoms with Crippen molar-refractivity contribution in [3.8, 4) is 11.8 Å². The first kappa shape index (κ1) is 20.6. The zero-order chi connectivity index (χ0) is 20.9. The summed E-state index contributed by atoms with van der Waals surface area (Å²) in [4.78, 5) is 15.2. The smallest absolute Gasteiger partial charge is 0.239 e. The lowest BCUT2D eigenvalue weighted by molar-refractivity contribution is -0.119. The number of hydrogen-bond acceptors (Lipinski definition) is 5. The molecule has 1 aromatic heterocycles. The van der Waals surface area contributed by atoms with Gasteiger partial charge in [-0.25, -0.2) is 4.68 Å². The molecule has 7 nitrogen and oxygen atoms in total. The fourth-order valence-corrected chi connectivity index (χ4v) is 4.96. The van der Waals surface area contributed by atoms with Crippen LogP contribution in [0.15, 0.2) is 36.5 Å². The number of anilines is 1. The van der Waals surface area contributed by atoms with Crippen LogP contribution in [0.3, 0.4) is 0 Å².